The number of rotatable bonds is 9. The zero-order valence-electron chi connectivity index (χ0n) is 17.6. The maximum absolute atomic E-state index is 12.6. The summed E-state index contributed by atoms with van der Waals surface area (Å²) < 4.78 is 17.8. The van der Waals surface area contributed by atoms with Gasteiger partial charge in [-0.1, -0.05) is 78.9 Å². The van der Waals surface area contributed by atoms with Crippen LogP contribution in [0, 0.1) is 0 Å². The molecular formula is C26H26O5S. The monoisotopic (exact) mass is 450 g/mol. The Morgan fingerprint density at radius 2 is 1.34 bits per heavy atom. The summed E-state index contributed by atoms with van der Waals surface area (Å²) in [7, 11) is 0. The highest BCUT2D eigenvalue weighted by Gasteiger charge is 2.47. The van der Waals surface area contributed by atoms with Crippen molar-refractivity contribution < 1.29 is 24.1 Å². The van der Waals surface area contributed by atoms with Gasteiger partial charge in [0.15, 0.2) is 6.10 Å². The molecule has 0 bridgehead atoms. The molecule has 0 saturated carbocycles. The Morgan fingerprint density at radius 1 is 0.781 bits per heavy atom. The van der Waals surface area contributed by atoms with Crippen molar-refractivity contribution in [2.45, 2.75) is 36.1 Å². The van der Waals surface area contributed by atoms with Gasteiger partial charge in [0.25, 0.3) is 0 Å². The minimum atomic E-state index is -0.895. The molecule has 0 aromatic heterocycles. The summed E-state index contributed by atoms with van der Waals surface area (Å²) in [6.45, 7) is 1.19. The van der Waals surface area contributed by atoms with Crippen molar-refractivity contribution in [1.29, 1.82) is 0 Å². The molecule has 1 N–H and O–H groups in total. The Hall–Kier alpha value is -2.64. The summed E-state index contributed by atoms with van der Waals surface area (Å²) >= 11 is 1.32. The molecule has 1 fully saturated rings. The SMILES string of the molecule is O=C(O[C@@H]1C(O)S[C@H](COCc2ccccc2)[C@H]1OCc1ccccc1)c1ccccc1. The van der Waals surface area contributed by atoms with Crippen LogP contribution in [-0.4, -0.2) is 40.6 Å². The minimum Gasteiger partial charge on any atom is -0.452 e. The van der Waals surface area contributed by atoms with Crippen LogP contribution in [0.2, 0.25) is 0 Å². The molecule has 5 nitrogen and oxygen atoms in total. The predicted molar refractivity (Wildman–Crippen MR) is 124 cm³/mol. The smallest absolute Gasteiger partial charge is 0.338 e. The maximum atomic E-state index is 12.6. The van der Waals surface area contributed by atoms with Crippen LogP contribution in [0.25, 0.3) is 0 Å². The fourth-order valence-corrected chi connectivity index (χ4v) is 4.86. The highest BCUT2D eigenvalue weighted by Crippen LogP contribution is 2.38. The van der Waals surface area contributed by atoms with Gasteiger partial charge >= 0.3 is 5.97 Å². The lowest BCUT2D eigenvalue weighted by Crippen LogP contribution is -2.40. The van der Waals surface area contributed by atoms with Gasteiger partial charge in [0.1, 0.15) is 11.5 Å². The Bertz CT molecular complexity index is 967. The van der Waals surface area contributed by atoms with Crippen LogP contribution < -0.4 is 0 Å². The van der Waals surface area contributed by atoms with E-state index in [1.165, 1.54) is 11.8 Å². The van der Waals surface area contributed by atoms with E-state index in [1.807, 2.05) is 66.7 Å². The summed E-state index contributed by atoms with van der Waals surface area (Å²) in [4.78, 5) is 12.6. The quantitative estimate of drug-likeness (QED) is 0.486. The van der Waals surface area contributed by atoms with Gasteiger partial charge in [0, 0.05) is 0 Å². The molecule has 0 amide bonds. The van der Waals surface area contributed by atoms with Gasteiger partial charge < -0.3 is 19.3 Å². The van der Waals surface area contributed by atoms with E-state index in [2.05, 4.69) is 0 Å². The number of ether oxygens (including phenoxy) is 3. The zero-order valence-corrected chi connectivity index (χ0v) is 18.4. The second kappa shape index (κ2) is 11.3. The van der Waals surface area contributed by atoms with Gasteiger partial charge in [-0.15, -0.1) is 11.8 Å². The number of hydrogen-bond donors (Lipinski definition) is 1. The molecule has 0 spiro atoms. The number of carbonyl (C=O) groups is 1. The first kappa shape index (κ1) is 22.6. The topological polar surface area (TPSA) is 65.0 Å². The number of thioether (sulfide) groups is 1. The minimum absolute atomic E-state index is 0.175. The van der Waals surface area contributed by atoms with Gasteiger partial charge in [0.05, 0.1) is 30.6 Å². The fraction of sp³-hybridized carbons (Fsp3) is 0.269. The summed E-state index contributed by atoms with van der Waals surface area (Å²) in [5.41, 5.74) is 1.63. The van der Waals surface area contributed by atoms with Crippen molar-refractivity contribution in [2.24, 2.45) is 0 Å². The summed E-state index contributed by atoms with van der Waals surface area (Å²) in [6.07, 6.45) is -1.29. The Kier molecular flexibility index (Phi) is 7.96. The number of carbonyl (C=O) groups excluding carboxylic acids is 1. The highest BCUT2D eigenvalue weighted by molar-refractivity contribution is 8.00. The van der Waals surface area contributed by atoms with Gasteiger partial charge in [-0.3, -0.25) is 0 Å². The number of hydrogen-bond acceptors (Lipinski definition) is 6. The second-order valence-corrected chi connectivity index (χ2v) is 8.92. The van der Waals surface area contributed by atoms with Crippen molar-refractivity contribution >= 4 is 17.7 Å². The van der Waals surface area contributed by atoms with Crippen LogP contribution in [0.5, 0.6) is 0 Å². The molecule has 166 valence electrons. The molecule has 0 aliphatic carbocycles. The molecular weight excluding hydrogens is 424 g/mol. The van der Waals surface area contributed by atoms with Gasteiger partial charge in [-0.25, -0.2) is 4.79 Å². The summed E-state index contributed by atoms with van der Waals surface area (Å²) in [5, 5.41) is 10.5. The average molecular weight is 451 g/mol. The molecule has 1 unspecified atom stereocenters. The van der Waals surface area contributed by atoms with E-state index < -0.39 is 23.6 Å². The van der Waals surface area contributed by atoms with E-state index in [9.17, 15) is 9.90 Å². The van der Waals surface area contributed by atoms with Crippen molar-refractivity contribution in [3.63, 3.8) is 0 Å². The Morgan fingerprint density at radius 3 is 1.97 bits per heavy atom. The van der Waals surface area contributed by atoms with E-state index >= 15 is 0 Å². The van der Waals surface area contributed by atoms with Crippen LogP contribution in [0.3, 0.4) is 0 Å². The molecule has 4 rings (SSSR count). The van der Waals surface area contributed by atoms with E-state index in [-0.39, 0.29) is 5.25 Å². The molecule has 3 aromatic rings. The highest BCUT2D eigenvalue weighted by atomic mass is 32.2. The third kappa shape index (κ3) is 5.99. The molecule has 6 heteroatoms. The lowest BCUT2D eigenvalue weighted by atomic mass is 10.1. The second-order valence-electron chi connectivity index (χ2n) is 7.56. The van der Waals surface area contributed by atoms with Crippen LogP contribution in [0.4, 0.5) is 0 Å². The van der Waals surface area contributed by atoms with Crippen LogP contribution in [-0.2, 0) is 27.4 Å². The van der Waals surface area contributed by atoms with Crippen molar-refractivity contribution in [1.82, 2.24) is 0 Å². The van der Waals surface area contributed by atoms with Crippen molar-refractivity contribution in [2.75, 3.05) is 6.61 Å². The third-order valence-electron chi connectivity index (χ3n) is 5.22. The first-order chi connectivity index (χ1) is 15.7. The summed E-state index contributed by atoms with van der Waals surface area (Å²) in [6, 6.07) is 28.5. The average Bonchev–Trinajstić information content (AvgIpc) is 3.13. The number of benzene rings is 3. The van der Waals surface area contributed by atoms with Crippen molar-refractivity contribution in [3.8, 4) is 0 Å². The number of aliphatic hydroxyl groups is 1. The van der Waals surface area contributed by atoms with Crippen LogP contribution >= 0.6 is 11.8 Å². The molecule has 1 aliphatic heterocycles. The molecule has 32 heavy (non-hydrogen) atoms. The van der Waals surface area contributed by atoms with Gasteiger partial charge in [-0.05, 0) is 23.3 Å². The number of esters is 1. The van der Waals surface area contributed by atoms with Gasteiger partial charge in [-0.2, -0.15) is 0 Å². The first-order valence-corrected chi connectivity index (χ1v) is 11.5. The molecule has 1 saturated heterocycles. The Balaban J connectivity index is 1.43. The first-order valence-electron chi connectivity index (χ1n) is 10.6. The maximum Gasteiger partial charge on any atom is 0.338 e. The predicted octanol–water partition coefficient (Wildman–Crippen LogP) is 4.45. The molecule has 1 aliphatic rings. The molecule has 1 heterocycles. The molecule has 0 radical (unpaired) electrons. The normalized spacial score (nSPS) is 22.5. The molecule has 4 atom stereocenters. The molecule has 3 aromatic carbocycles. The third-order valence-corrected chi connectivity index (χ3v) is 6.52. The van der Waals surface area contributed by atoms with E-state index in [1.54, 1.807) is 24.3 Å². The van der Waals surface area contributed by atoms with Crippen molar-refractivity contribution in [3.05, 3.63) is 108 Å². The lowest BCUT2D eigenvalue weighted by molar-refractivity contribution is -0.0806. The standard InChI is InChI=1S/C26H26O5S/c27-25(21-14-8-3-9-15-21)31-24-23(30-17-20-12-6-2-7-13-20)22(32-26(24)28)18-29-16-19-10-4-1-5-11-19/h1-15,22-24,26,28H,16-18H2/t22-,23-,24+,26?/m1/s1. The van der Waals surface area contributed by atoms with Gasteiger partial charge in [0.2, 0.25) is 0 Å². The zero-order chi connectivity index (χ0) is 22.2. The summed E-state index contributed by atoms with van der Waals surface area (Å²) in [5.74, 6) is -0.477. The lowest BCUT2D eigenvalue weighted by Gasteiger charge is -2.25. The van der Waals surface area contributed by atoms with Crippen LogP contribution in [0.1, 0.15) is 21.5 Å². The largest absolute Gasteiger partial charge is 0.452 e. The van der Waals surface area contributed by atoms with E-state index in [4.69, 9.17) is 14.2 Å². The van der Waals surface area contributed by atoms with Crippen LogP contribution in [0.15, 0.2) is 91.0 Å². The number of aliphatic hydroxyl groups excluding tert-OH is 1. The fourth-order valence-electron chi connectivity index (χ4n) is 3.57. The Labute approximate surface area is 192 Å². The van der Waals surface area contributed by atoms with E-state index in [0.717, 1.165) is 11.1 Å². The van der Waals surface area contributed by atoms with E-state index in [0.29, 0.717) is 25.4 Å².